The van der Waals surface area contributed by atoms with Gasteiger partial charge in [0.2, 0.25) is 0 Å². The van der Waals surface area contributed by atoms with Crippen LogP contribution in [0.2, 0.25) is 0 Å². The van der Waals surface area contributed by atoms with Crippen molar-refractivity contribution in [1.29, 1.82) is 0 Å². The van der Waals surface area contributed by atoms with Gasteiger partial charge in [0.1, 0.15) is 5.76 Å². The SMILES string of the molecule is SCC1(CN(Cc2ccco2)C2CC2)CCC1. The van der Waals surface area contributed by atoms with E-state index < -0.39 is 0 Å². The first-order chi connectivity index (χ1) is 8.31. The topological polar surface area (TPSA) is 16.4 Å². The van der Waals surface area contributed by atoms with E-state index in [0.29, 0.717) is 5.41 Å². The highest BCUT2D eigenvalue weighted by Crippen LogP contribution is 2.44. The Morgan fingerprint density at radius 1 is 1.41 bits per heavy atom. The van der Waals surface area contributed by atoms with Crippen molar-refractivity contribution < 1.29 is 4.42 Å². The lowest BCUT2D eigenvalue weighted by atomic mass is 9.70. The second kappa shape index (κ2) is 4.69. The molecule has 1 heterocycles. The molecular formula is C14H21NOS. The number of furan rings is 1. The van der Waals surface area contributed by atoms with Crippen LogP contribution in [-0.4, -0.2) is 23.2 Å². The Morgan fingerprint density at radius 2 is 2.24 bits per heavy atom. The largest absolute Gasteiger partial charge is 0.468 e. The molecule has 0 atom stereocenters. The van der Waals surface area contributed by atoms with Gasteiger partial charge in [-0.05, 0) is 49.0 Å². The molecule has 1 aromatic rings. The molecule has 0 amide bonds. The molecule has 0 spiro atoms. The molecule has 94 valence electrons. The van der Waals surface area contributed by atoms with Crippen molar-refractivity contribution >= 4 is 12.6 Å². The summed E-state index contributed by atoms with van der Waals surface area (Å²) in [4.78, 5) is 2.62. The third kappa shape index (κ3) is 2.55. The number of hydrogen-bond acceptors (Lipinski definition) is 3. The fourth-order valence-electron chi connectivity index (χ4n) is 2.83. The van der Waals surface area contributed by atoms with Gasteiger partial charge in [0, 0.05) is 12.6 Å². The number of rotatable bonds is 6. The first-order valence-electron chi connectivity index (χ1n) is 6.69. The smallest absolute Gasteiger partial charge is 0.117 e. The van der Waals surface area contributed by atoms with Crippen LogP contribution >= 0.6 is 12.6 Å². The third-order valence-electron chi connectivity index (χ3n) is 4.29. The molecule has 0 aliphatic heterocycles. The van der Waals surface area contributed by atoms with Crippen LogP contribution in [0.5, 0.6) is 0 Å². The molecule has 2 nitrogen and oxygen atoms in total. The van der Waals surface area contributed by atoms with Crippen molar-refractivity contribution in [2.24, 2.45) is 5.41 Å². The summed E-state index contributed by atoms with van der Waals surface area (Å²) >= 11 is 4.56. The molecule has 3 heteroatoms. The minimum Gasteiger partial charge on any atom is -0.468 e. The Kier molecular flexibility index (Phi) is 3.22. The first kappa shape index (κ1) is 11.7. The van der Waals surface area contributed by atoms with Gasteiger partial charge in [-0.15, -0.1) is 0 Å². The van der Waals surface area contributed by atoms with Crippen molar-refractivity contribution in [3.05, 3.63) is 24.2 Å². The molecule has 0 bridgehead atoms. The van der Waals surface area contributed by atoms with Crippen molar-refractivity contribution in [1.82, 2.24) is 4.90 Å². The van der Waals surface area contributed by atoms with Crippen LogP contribution in [-0.2, 0) is 6.54 Å². The molecule has 0 aromatic carbocycles. The molecule has 2 aliphatic carbocycles. The lowest BCUT2D eigenvalue weighted by Gasteiger charge is -2.44. The Hall–Kier alpha value is -0.410. The predicted octanol–water partition coefficient (Wildman–Crippen LogP) is 3.34. The molecular weight excluding hydrogens is 230 g/mol. The first-order valence-corrected chi connectivity index (χ1v) is 7.32. The predicted molar refractivity (Wildman–Crippen MR) is 72.3 cm³/mol. The molecule has 1 aromatic heterocycles. The van der Waals surface area contributed by atoms with Gasteiger partial charge in [-0.25, -0.2) is 0 Å². The Balaban J connectivity index is 1.64. The van der Waals surface area contributed by atoms with Gasteiger partial charge >= 0.3 is 0 Å². The zero-order chi connectivity index (χ0) is 11.7. The molecule has 2 aliphatic rings. The van der Waals surface area contributed by atoms with Crippen molar-refractivity contribution in [2.75, 3.05) is 12.3 Å². The standard InChI is InChI=1S/C14H21NOS/c17-11-14(6-2-7-14)10-15(12-4-5-12)9-13-3-1-8-16-13/h1,3,8,12,17H,2,4-7,9-11H2. The fourth-order valence-corrected chi connectivity index (χ4v) is 3.25. The van der Waals surface area contributed by atoms with Gasteiger partial charge in [0.15, 0.2) is 0 Å². The van der Waals surface area contributed by atoms with Crippen LogP contribution in [0, 0.1) is 5.41 Å². The monoisotopic (exact) mass is 251 g/mol. The summed E-state index contributed by atoms with van der Waals surface area (Å²) in [7, 11) is 0. The highest BCUT2D eigenvalue weighted by molar-refractivity contribution is 7.80. The van der Waals surface area contributed by atoms with Crippen LogP contribution in [0.3, 0.4) is 0 Å². The van der Waals surface area contributed by atoms with E-state index in [1.54, 1.807) is 6.26 Å². The minimum atomic E-state index is 0.498. The van der Waals surface area contributed by atoms with E-state index in [4.69, 9.17) is 4.42 Å². The van der Waals surface area contributed by atoms with Crippen LogP contribution in [0.15, 0.2) is 22.8 Å². The van der Waals surface area contributed by atoms with E-state index in [0.717, 1.165) is 24.1 Å². The van der Waals surface area contributed by atoms with Gasteiger partial charge in [-0.1, -0.05) is 6.42 Å². The Morgan fingerprint density at radius 3 is 2.71 bits per heavy atom. The second-order valence-electron chi connectivity index (χ2n) is 5.73. The van der Waals surface area contributed by atoms with Crippen molar-refractivity contribution in [3.63, 3.8) is 0 Å². The maximum atomic E-state index is 5.48. The van der Waals surface area contributed by atoms with Crippen molar-refractivity contribution in [2.45, 2.75) is 44.7 Å². The Bertz CT molecular complexity index is 349. The van der Waals surface area contributed by atoms with Gasteiger partial charge < -0.3 is 4.42 Å². The molecule has 2 saturated carbocycles. The van der Waals surface area contributed by atoms with E-state index in [2.05, 4.69) is 23.6 Å². The molecule has 0 unspecified atom stereocenters. The minimum absolute atomic E-state index is 0.498. The van der Waals surface area contributed by atoms with Gasteiger partial charge in [0.25, 0.3) is 0 Å². The van der Waals surface area contributed by atoms with Crippen LogP contribution in [0.1, 0.15) is 37.9 Å². The van der Waals surface area contributed by atoms with Gasteiger partial charge in [-0.2, -0.15) is 12.6 Å². The third-order valence-corrected chi connectivity index (χ3v) is 4.96. The second-order valence-corrected chi connectivity index (χ2v) is 6.04. The molecule has 17 heavy (non-hydrogen) atoms. The van der Waals surface area contributed by atoms with Gasteiger partial charge in [-0.3, -0.25) is 4.90 Å². The number of nitrogens with zero attached hydrogens (tertiary/aromatic N) is 1. The zero-order valence-electron chi connectivity index (χ0n) is 10.3. The van der Waals surface area contributed by atoms with E-state index in [9.17, 15) is 0 Å². The quantitative estimate of drug-likeness (QED) is 0.781. The van der Waals surface area contributed by atoms with Gasteiger partial charge in [0.05, 0.1) is 12.8 Å². The lowest BCUT2D eigenvalue weighted by Crippen LogP contribution is -2.44. The fraction of sp³-hybridized carbons (Fsp3) is 0.714. The van der Waals surface area contributed by atoms with E-state index in [1.165, 1.54) is 38.6 Å². The summed E-state index contributed by atoms with van der Waals surface area (Å²) in [5.41, 5.74) is 0.498. The number of hydrogen-bond donors (Lipinski definition) is 1. The molecule has 0 N–H and O–H groups in total. The summed E-state index contributed by atoms with van der Waals surface area (Å²) < 4.78 is 5.48. The summed E-state index contributed by atoms with van der Waals surface area (Å²) in [5.74, 6) is 2.14. The van der Waals surface area contributed by atoms with Crippen molar-refractivity contribution in [3.8, 4) is 0 Å². The molecule has 0 saturated heterocycles. The van der Waals surface area contributed by atoms with E-state index >= 15 is 0 Å². The average Bonchev–Trinajstić information content (AvgIpc) is 3.01. The highest BCUT2D eigenvalue weighted by atomic mass is 32.1. The Labute approximate surface area is 109 Å². The normalized spacial score (nSPS) is 22.7. The maximum Gasteiger partial charge on any atom is 0.117 e. The van der Waals surface area contributed by atoms with E-state index in [-0.39, 0.29) is 0 Å². The zero-order valence-corrected chi connectivity index (χ0v) is 11.2. The van der Waals surface area contributed by atoms with Crippen LogP contribution in [0.4, 0.5) is 0 Å². The molecule has 2 fully saturated rings. The molecule has 3 rings (SSSR count). The highest BCUT2D eigenvalue weighted by Gasteiger charge is 2.40. The molecule has 0 radical (unpaired) electrons. The van der Waals surface area contributed by atoms with Crippen LogP contribution < -0.4 is 0 Å². The lowest BCUT2D eigenvalue weighted by molar-refractivity contribution is 0.0770. The summed E-state index contributed by atoms with van der Waals surface area (Å²) in [6.07, 6.45) is 8.61. The summed E-state index contributed by atoms with van der Waals surface area (Å²) in [6, 6.07) is 4.87. The summed E-state index contributed by atoms with van der Waals surface area (Å²) in [5, 5.41) is 0. The number of thiol groups is 1. The van der Waals surface area contributed by atoms with E-state index in [1.807, 2.05) is 6.07 Å². The summed E-state index contributed by atoms with van der Waals surface area (Å²) in [6.45, 7) is 2.19. The maximum absolute atomic E-state index is 5.48. The average molecular weight is 251 g/mol. The van der Waals surface area contributed by atoms with Crippen LogP contribution in [0.25, 0.3) is 0 Å².